The van der Waals surface area contributed by atoms with Gasteiger partial charge in [0.05, 0.1) is 5.25 Å². The number of rotatable bonds is 6. The molecule has 0 aliphatic rings. The number of nitrogens with zero attached hydrogens (tertiary/aromatic N) is 4. The van der Waals surface area contributed by atoms with E-state index in [4.69, 9.17) is 0 Å². The van der Waals surface area contributed by atoms with Crippen LogP contribution >= 0.6 is 11.8 Å². The van der Waals surface area contributed by atoms with Crippen molar-refractivity contribution in [2.45, 2.75) is 24.3 Å². The summed E-state index contributed by atoms with van der Waals surface area (Å²) in [4.78, 5) is 16.9. The molecule has 2 aromatic heterocycles. The summed E-state index contributed by atoms with van der Waals surface area (Å²) in [6.45, 7) is 3.88. The molecule has 0 fully saturated rings. The topological polar surface area (TPSA) is 72.7 Å². The predicted octanol–water partition coefficient (Wildman–Crippen LogP) is 4.76. The van der Waals surface area contributed by atoms with E-state index < -0.39 is 0 Å². The average Bonchev–Trinajstić information content (AvgIpc) is 3.20. The van der Waals surface area contributed by atoms with Crippen LogP contribution < -0.4 is 5.32 Å². The Kier molecular flexibility index (Phi) is 5.90. The molecule has 2 heterocycles. The Hall–Kier alpha value is -3.45. The first kappa shape index (κ1) is 19.8. The van der Waals surface area contributed by atoms with Crippen LogP contribution in [0.25, 0.3) is 17.1 Å². The van der Waals surface area contributed by atoms with Gasteiger partial charge in [-0.2, -0.15) is 0 Å². The third-order valence-electron chi connectivity index (χ3n) is 4.54. The molecule has 7 heteroatoms. The fourth-order valence-electron chi connectivity index (χ4n) is 2.93. The van der Waals surface area contributed by atoms with Crippen LogP contribution in [0.15, 0.2) is 84.3 Å². The molecular formula is C23H21N5OS. The van der Waals surface area contributed by atoms with E-state index in [1.807, 2.05) is 85.1 Å². The highest BCUT2D eigenvalue weighted by Gasteiger charge is 2.22. The summed E-state index contributed by atoms with van der Waals surface area (Å²) in [5, 5.41) is 12.0. The molecule has 0 saturated heterocycles. The Bertz CT molecular complexity index is 1130. The second kappa shape index (κ2) is 8.92. The molecule has 30 heavy (non-hydrogen) atoms. The van der Waals surface area contributed by atoms with Gasteiger partial charge in [0.25, 0.3) is 0 Å². The zero-order chi connectivity index (χ0) is 20.9. The van der Waals surface area contributed by atoms with Crippen LogP contribution in [-0.4, -0.2) is 30.9 Å². The fraction of sp³-hybridized carbons (Fsp3) is 0.130. The van der Waals surface area contributed by atoms with Crippen molar-refractivity contribution in [2.24, 2.45) is 0 Å². The summed E-state index contributed by atoms with van der Waals surface area (Å²) in [7, 11) is 0. The summed E-state index contributed by atoms with van der Waals surface area (Å²) >= 11 is 1.37. The van der Waals surface area contributed by atoms with Crippen LogP contribution in [0.1, 0.15) is 12.5 Å². The minimum Gasteiger partial charge on any atom is -0.325 e. The summed E-state index contributed by atoms with van der Waals surface area (Å²) < 4.78 is 1.96. The van der Waals surface area contributed by atoms with Gasteiger partial charge in [-0.15, -0.1) is 10.2 Å². The van der Waals surface area contributed by atoms with Crippen molar-refractivity contribution in [3.05, 3.63) is 84.7 Å². The van der Waals surface area contributed by atoms with Gasteiger partial charge < -0.3 is 5.32 Å². The summed E-state index contributed by atoms with van der Waals surface area (Å²) in [6, 6.07) is 21.4. The number of para-hydroxylation sites is 1. The molecule has 1 atom stereocenters. The smallest absolute Gasteiger partial charge is 0.237 e. The first-order chi connectivity index (χ1) is 14.6. The molecule has 0 bridgehead atoms. The fourth-order valence-corrected chi connectivity index (χ4v) is 3.80. The number of benzene rings is 2. The Morgan fingerprint density at radius 3 is 2.47 bits per heavy atom. The molecule has 0 saturated carbocycles. The third-order valence-corrected chi connectivity index (χ3v) is 5.58. The van der Waals surface area contributed by atoms with Gasteiger partial charge in [0.2, 0.25) is 5.91 Å². The normalized spacial score (nSPS) is 11.8. The number of thioether (sulfide) groups is 1. The number of pyridine rings is 1. The highest BCUT2D eigenvalue weighted by Crippen LogP contribution is 2.30. The maximum absolute atomic E-state index is 12.7. The number of aromatic nitrogens is 4. The highest BCUT2D eigenvalue weighted by molar-refractivity contribution is 8.00. The largest absolute Gasteiger partial charge is 0.325 e. The molecule has 0 unspecified atom stereocenters. The number of amides is 1. The van der Waals surface area contributed by atoms with Crippen LogP contribution in [0, 0.1) is 6.92 Å². The maximum Gasteiger partial charge on any atom is 0.237 e. The number of hydrogen-bond acceptors (Lipinski definition) is 5. The van der Waals surface area contributed by atoms with Gasteiger partial charge in [-0.25, -0.2) is 0 Å². The molecular weight excluding hydrogens is 394 g/mol. The Morgan fingerprint density at radius 2 is 1.77 bits per heavy atom. The van der Waals surface area contributed by atoms with Crippen molar-refractivity contribution in [3.63, 3.8) is 0 Å². The van der Waals surface area contributed by atoms with Crippen LogP contribution in [0.2, 0.25) is 0 Å². The molecule has 150 valence electrons. The van der Waals surface area contributed by atoms with Gasteiger partial charge in [0, 0.05) is 29.3 Å². The predicted molar refractivity (Wildman–Crippen MR) is 120 cm³/mol. The van der Waals surface area contributed by atoms with Crippen molar-refractivity contribution in [1.82, 2.24) is 19.7 Å². The molecule has 0 aliphatic heterocycles. The van der Waals surface area contributed by atoms with E-state index in [9.17, 15) is 4.79 Å². The number of carbonyl (C=O) groups excluding carboxylic acids is 1. The van der Waals surface area contributed by atoms with Gasteiger partial charge in [0.15, 0.2) is 11.0 Å². The van der Waals surface area contributed by atoms with Crippen molar-refractivity contribution >= 4 is 23.4 Å². The van der Waals surface area contributed by atoms with E-state index in [0.717, 1.165) is 22.5 Å². The lowest BCUT2D eigenvalue weighted by Crippen LogP contribution is -2.22. The number of nitrogens with one attached hydrogen (secondary N) is 1. The van der Waals surface area contributed by atoms with Crippen LogP contribution in [0.5, 0.6) is 0 Å². The lowest BCUT2D eigenvalue weighted by molar-refractivity contribution is -0.115. The molecule has 1 amide bonds. The van der Waals surface area contributed by atoms with Crippen molar-refractivity contribution < 1.29 is 4.79 Å². The summed E-state index contributed by atoms with van der Waals surface area (Å²) in [5.41, 5.74) is 3.71. The van der Waals surface area contributed by atoms with Gasteiger partial charge in [-0.1, -0.05) is 47.7 Å². The molecule has 0 radical (unpaired) electrons. The number of aryl methyl sites for hydroxylation is 1. The minimum atomic E-state index is -0.361. The lowest BCUT2D eigenvalue weighted by Gasteiger charge is -2.14. The third kappa shape index (κ3) is 4.41. The summed E-state index contributed by atoms with van der Waals surface area (Å²) in [6.07, 6.45) is 3.48. The molecule has 0 aliphatic carbocycles. The molecule has 1 N–H and O–H groups in total. The van der Waals surface area contributed by atoms with Crippen molar-refractivity contribution in [2.75, 3.05) is 5.32 Å². The molecule has 6 nitrogen and oxygen atoms in total. The number of carbonyl (C=O) groups is 1. The SMILES string of the molecule is Cc1ccc(NC(=O)[C@H](C)Sc2nnc(-c3cccnc3)n2-c2ccccc2)cc1. The highest BCUT2D eigenvalue weighted by atomic mass is 32.2. The standard InChI is InChI=1S/C23H21N5OS/c1-16-10-12-19(13-11-16)25-22(29)17(2)30-23-27-26-21(18-7-6-14-24-15-18)28(23)20-8-4-3-5-9-20/h3-15,17H,1-2H3,(H,25,29)/t17-/m0/s1. The molecule has 2 aromatic carbocycles. The monoisotopic (exact) mass is 415 g/mol. The van der Waals surface area contributed by atoms with Gasteiger partial charge in [-0.3, -0.25) is 14.3 Å². The second-order valence-electron chi connectivity index (χ2n) is 6.83. The minimum absolute atomic E-state index is 0.0885. The quantitative estimate of drug-likeness (QED) is 0.460. The van der Waals surface area contributed by atoms with Crippen LogP contribution in [0.3, 0.4) is 0 Å². The van der Waals surface area contributed by atoms with E-state index in [2.05, 4.69) is 20.5 Å². The Morgan fingerprint density at radius 1 is 1.00 bits per heavy atom. The van der Waals surface area contributed by atoms with E-state index in [1.54, 1.807) is 12.4 Å². The van der Waals surface area contributed by atoms with E-state index >= 15 is 0 Å². The Labute approximate surface area is 179 Å². The Balaban J connectivity index is 1.61. The maximum atomic E-state index is 12.7. The zero-order valence-corrected chi connectivity index (χ0v) is 17.5. The van der Waals surface area contributed by atoms with Crippen LogP contribution in [-0.2, 0) is 4.79 Å². The second-order valence-corrected chi connectivity index (χ2v) is 8.14. The summed E-state index contributed by atoms with van der Waals surface area (Å²) in [5.74, 6) is 0.595. The van der Waals surface area contributed by atoms with E-state index in [1.165, 1.54) is 11.8 Å². The first-order valence-electron chi connectivity index (χ1n) is 9.57. The van der Waals surface area contributed by atoms with Crippen molar-refractivity contribution in [3.8, 4) is 17.1 Å². The van der Waals surface area contributed by atoms with E-state index in [-0.39, 0.29) is 11.2 Å². The lowest BCUT2D eigenvalue weighted by atomic mass is 10.2. The average molecular weight is 416 g/mol. The van der Waals surface area contributed by atoms with Crippen molar-refractivity contribution in [1.29, 1.82) is 0 Å². The zero-order valence-electron chi connectivity index (χ0n) is 16.7. The van der Waals surface area contributed by atoms with Gasteiger partial charge in [-0.05, 0) is 50.2 Å². The first-order valence-corrected chi connectivity index (χ1v) is 10.5. The van der Waals surface area contributed by atoms with Gasteiger partial charge in [0.1, 0.15) is 0 Å². The van der Waals surface area contributed by atoms with E-state index in [0.29, 0.717) is 11.0 Å². The number of hydrogen-bond donors (Lipinski definition) is 1. The van der Waals surface area contributed by atoms with Crippen LogP contribution in [0.4, 0.5) is 5.69 Å². The number of anilines is 1. The molecule has 4 aromatic rings. The molecule has 4 rings (SSSR count). The van der Waals surface area contributed by atoms with Gasteiger partial charge >= 0.3 is 0 Å². The molecule has 0 spiro atoms.